The van der Waals surface area contributed by atoms with Gasteiger partial charge in [-0.15, -0.1) is 0 Å². The maximum absolute atomic E-state index is 12.4. The molecule has 3 aromatic rings. The molecule has 0 aliphatic rings. The summed E-state index contributed by atoms with van der Waals surface area (Å²) in [5.41, 5.74) is 1.00. The zero-order chi connectivity index (χ0) is 26.3. The average Bonchev–Trinajstić information content (AvgIpc) is 2.80. The number of carbonyl (C=O) groups is 2. The maximum atomic E-state index is 12.4. The number of rotatable bonds is 9. The first-order valence-corrected chi connectivity index (χ1v) is 13.8. The SMILES string of the molecule is COc1cc2ncnc([AsH]c3cc(Cl)ccc3CNC(=O)CCCNC(=O)OC(C)(C)C)c2cc1[O]. The summed E-state index contributed by atoms with van der Waals surface area (Å²) in [4.78, 5) is 32.8. The van der Waals surface area contributed by atoms with E-state index in [0.29, 0.717) is 35.4 Å². The number of carbonyl (C=O) groups excluding carboxylic acids is 2. The quantitative estimate of drug-likeness (QED) is 0.299. The molecule has 11 heteroatoms. The number of benzene rings is 2. The molecule has 0 bridgehead atoms. The third kappa shape index (κ3) is 8.00. The number of hydrogen-bond acceptors (Lipinski definition) is 6. The van der Waals surface area contributed by atoms with Gasteiger partial charge in [0.15, 0.2) is 0 Å². The molecule has 36 heavy (non-hydrogen) atoms. The predicted molar refractivity (Wildman–Crippen MR) is 139 cm³/mol. The van der Waals surface area contributed by atoms with Gasteiger partial charge in [0.05, 0.1) is 0 Å². The van der Waals surface area contributed by atoms with Crippen molar-refractivity contribution in [3.05, 3.63) is 47.2 Å². The second-order valence-corrected chi connectivity index (χ2v) is 12.1. The number of nitrogens with zero attached hydrogens (tertiary/aromatic N) is 2. The molecule has 0 saturated carbocycles. The number of fused-ring (bicyclic) bond motifs is 1. The van der Waals surface area contributed by atoms with Crippen LogP contribution in [-0.4, -0.2) is 57.0 Å². The number of ether oxygens (including phenoxy) is 2. The summed E-state index contributed by atoms with van der Waals surface area (Å²) in [6, 6.07) is 8.67. The standard InChI is InChI=1S/C25H29AsClN4O5/c1-25(2,3)36-24(34)28-9-5-6-22(33)29-13-15-7-8-16(27)10-18(15)26-23-17-11-20(32)21(35-4)12-19(17)30-14-31-23/h7-8,10-12,14,26H,5-6,9,13H2,1-4H3,(H,28,34)(H,29,33). The number of methoxy groups -OCH3 is 1. The molecule has 1 unspecified atom stereocenters. The summed E-state index contributed by atoms with van der Waals surface area (Å²) < 4.78 is 12.1. The molecule has 0 saturated heterocycles. The van der Waals surface area contributed by atoms with E-state index in [-0.39, 0.29) is 23.8 Å². The summed E-state index contributed by atoms with van der Waals surface area (Å²) in [7, 11) is 1.45. The molecule has 1 heterocycles. The van der Waals surface area contributed by atoms with Crippen LogP contribution in [-0.2, 0) is 21.2 Å². The van der Waals surface area contributed by atoms with Gasteiger partial charge in [0.1, 0.15) is 0 Å². The molecule has 0 fully saturated rings. The molecule has 2 aromatic carbocycles. The van der Waals surface area contributed by atoms with E-state index in [9.17, 15) is 14.7 Å². The van der Waals surface area contributed by atoms with Crippen molar-refractivity contribution >= 4 is 59.1 Å². The van der Waals surface area contributed by atoms with E-state index in [2.05, 4.69) is 20.6 Å². The normalized spacial score (nSPS) is 11.6. The Hall–Kier alpha value is -3.03. The van der Waals surface area contributed by atoms with Gasteiger partial charge < -0.3 is 0 Å². The van der Waals surface area contributed by atoms with Crippen molar-refractivity contribution in [1.29, 1.82) is 0 Å². The van der Waals surface area contributed by atoms with Crippen LogP contribution in [0.3, 0.4) is 0 Å². The zero-order valence-electron chi connectivity index (χ0n) is 20.6. The van der Waals surface area contributed by atoms with Crippen LogP contribution in [0.15, 0.2) is 36.7 Å². The molecule has 0 spiro atoms. The second kappa shape index (κ2) is 12.3. The summed E-state index contributed by atoms with van der Waals surface area (Å²) in [6.07, 6.45) is 1.72. The van der Waals surface area contributed by atoms with E-state index in [1.54, 1.807) is 32.9 Å². The van der Waals surface area contributed by atoms with Crippen LogP contribution in [0, 0.1) is 0 Å². The van der Waals surface area contributed by atoms with Gasteiger partial charge in [-0.05, 0) is 20.8 Å². The van der Waals surface area contributed by atoms with E-state index >= 15 is 0 Å². The summed E-state index contributed by atoms with van der Waals surface area (Å²) >= 11 is 5.27. The van der Waals surface area contributed by atoms with E-state index in [0.717, 1.165) is 14.4 Å². The van der Waals surface area contributed by atoms with Crippen LogP contribution in [0.1, 0.15) is 39.2 Å². The van der Waals surface area contributed by atoms with Crippen LogP contribution >= 0.6 is 11.6 Å². The van der Waals surface area contributed by atoms with Crippen molar-refractivity contribution in [3.63, 3.8) is 0 Å². The van der Waals surface area contributed by atoms with Gasteiger partial charge in [-0.3, -0.25) is 0 Å². The zero-order valence-corrected chi connectivity index (χ0v) is 23.5. The molecule has 0 aliphatic carbocycles. The molecule has 1 aromatic heterocycles. The molecular formula is C25H29AsClN4O5. The Morgan fingerprint density at radius 2 is 1.89 bits per heavy atom. The van der Waals surface area contributed by atoms with E-state index in [1.165, 1.54) is 19.5 Å². The fourth-order valence-electron chi connectivity index (χ4n) is 3.31. The van der Waals surface area contributed by atoms with Gasteiger partial charge >= 0.3 is 201 Å². The number of alkyl carbamates (subject to hydrolysis) is 1. The van der Waals surface area contributed by atoms with Crippen LogP contribution < -0.4 is 24.2 Å². The number of hydrogen-bond donors (Lipinski definition) is 2. The van der Waals surface area contributed by atoms with Gasteiger partial charge in [0.25, 0.3) is 0 Å². The summed E-state index contributed by atoms with van der Waals surface area (Å²) in [5.74, 6) is -0.121. The van der Waals surface area contributed by atoms with Crippen molar-refractivity contribution in [2.75, 3.05) is 13.7 Å². The van der Waals surface area contributed by atoms with Gasteiger partial charge in [-0.1, -0.05) is 0 Å². The van der Waals surface area contributed by atoms with Crippen molar-refractivity contribution in [3.8, 4) is 11.5 Å². The second-order valence-electron chi connectivity index (χ2n) is 8.98. The number of nitrogens with one attached hydrogen (secondary N) is 2. The van der Waals surface area contributed by atoms with Crippen LogP contribution in [0.25, 0.3) is 10.9 Å². The molecule has 3 rings (SSSR count). The van der Waals surface area contributed by atoms with E-state index in [1.807, 2.05) is 12.1 Å². The Bertz CT molecular complexity index is 1250. The first kappa shape index (κ1) is 27.6. The van der Waals surface area contributed by atoms with Gasteiger partial charge in [0, 0.05) is 0 Å². The Balaban J connectivity index is 1.62. The third-order valence-electron chi connectivity index (χ3n) is 4.97. The predicted octanol–water partition coefficient (Wildman–Crippen LogP) is 2.74. The van der Waals surface area contributed by atoms with Crippen molar-refractivity contribution in [2.24, 2.45) is 0 Å². The number of amides is 2. The number of aromatic nitrogens is 2. The monoisotopic (exact) mass is 575 g/mol. The van der Waals surface area contributed by atoms with Gasteiger partial charge in [0.2, 0.25) is 0 Å². The van der Waals surface area contributed by atoms with Gasteiger partial charge in [-0.25, -0.2) is 0 Å². The third-order valence-corrected chi connectivity index (χ3v) is 8.08. The minimum absolute atomic E-state index is 0.127. The molecule has 9 nitrogen and oxygen atoms in total. The average molecular weight is 576 g/mol. The van der Waals surface area contributed by atoms with Crippen LogP contribution in [0.5, 0.6) is 11.5 Å². The Kier molecular flexibility index (Phi) is 9.40. The topological polar surface area (TPSA) is 122 Å². The molecule has 191 valence electrons. The molecule has 2 amide bonds. The molecule has 0 aliphatic heterocycles. The first-order valence-electron chi connectivity index (χ1n) is 11.3. The molecule has 1 radical (unpaired) electrons. The van der Waals surface area contributed by atoms with E-state index in [4.69, 9.17) is 21.1 Å². The van der Waals surface area contributed by atoms with Crippen molar-refractivity contribution in [1.82, 2.24) is 20.6 Å². The van der Waals surface area contributed by atoms with E-state index < -0.39 is 27.4 Å². The Morgan fingerprint density at radius 3 is 2.61 bits per heavy atom. The first-order chi connectivity index (χ1) is 17.1. The molecular weight excluding hydrogens is 547 g/mol. The molecule has 1 atom stereocenters. The van der Waals surface area contributed by atoms with Crippen molar-refractivity contribution < 1.29 is 24.2 Å². The minimum atomic E-state index is -1.00. The number of halogens is 1. The van der Waals surface area contributed by atoms with Gasteiger partial charge in [-0.2, -0.15) is 0 Å². The molecule has 2 N–H and O–H groups in total. The van der Waals surface area contributed by atoms with Crippen LogP contribution in [0.4, 0.5) is 4.79 Å². The summed E-state index contributed by atoms with van der Waals surface area (Å²) in [6.45, 7) is 6.04. The van der Waals surface area contributed by atoms with Crippen molar-refractivity contribution in [2.45, 2.75) is 45.8 Å². The fraction of sp³-hybridized carbons (Fsp3) is 0.360. The summed E-state index contributed by atoms with van der Waals surface area (Å²) in [5, 5.41) is 19.2. The Morgan fingerprint density at radius 1 is 1.11 bits per heavy atom. The Labute approximate surface area is 221 Å². The fourth-order valence-corrected chi connectivity index (χ4v) is 6.34. The van der Waals surface area contributed by atoms with Crippen LogP contribution in [0.2, 0.25) is 5.02 Å².